The Hall–Kier alpha value is 0.430. The van der Waals surface area contributed by atoms with Crippen molar-refractivity contribution < 1.29 is 0 Å². The van der Waals surface area contributed by atoms with Crippen LogP contribution in [0, 0.1) is 0 Å². The van der Waals surface area contributed by atoms with Gasteiger partial charge in [0, 0.05) is 7.26 Å². The molecular formula is C36H70P+. The summed E-state index contributed by atoms with van der Waals surface area (Å²) in [6.07, 6.45) is 49.7. The monoisotopic (exact) mass is 534 g/mol. The van der Waals surface area contributed by atoms with Crippen molar-refractivity contribution in [1.82, 2.24) is 0 Å². The Morgan fingerprint density at radius 3 is 0.919 bits per heavy atom. The van der Waals surface area contributed by atoms with Crippen molar-refractivity contribution in [3.63, 3.8) is 0 Å². The van der Waals surface area contributed by atoms with Crippen molar-refractivity contribution in [2.75, 3.05) is 6.16 Å². The summed E-state index contributed by atoms with van der Waals surface area (Å²) in [6.45, 7) is 2.32. The fraction of sp³-hybridized carbons (Fsp3) is 1.00. The van der Waals surface area contributed by atoms with Crippen LogP contribution >= 0.6 is 7.26 Å². The van der Waals surface area contributed by atoms with E-state index < -0.39 is 7.26 Å². The maximum absolute atomic E-state index is 2.32. The van der Waals surface area contributed by atoms with E-state index in [1.807, 2.05) is 0 Å². The molecule has 0 N–H and O–H groups in total. The second kappa shape index (κ2) is 20.3. The summed E-state index contributed by atoms with van der Waals surface area (Å²) in [7, 11) is -0.811. The molecule has 0 unspecified atom stereocenters. The fourth-order valence-corrected chi connectivity index (χ4v) is 16.7. The number of rotatable bonds is 20. The van der Waals surface area contributed by atoms with Crippen LogP contribution in [-0.4, -0.2) is 23.1 Å². The molecule has 3 fully saturated rings. The Morgan fingerprint density at radius 1 is 0.351 bits per heavy atom. The highest BCUT2D eigenvalue weighted by molar-refractivity contribution is 7.77. The molecule has 0 saturated heterocycles. The third kappa shape index (κ3) is 11.4. The van der Waals surface area contributed by atoms with Gasteiger partial charge in [0.05, 0.1) is 23.1 Å². The summed E-state index contributed by atoms with van der Waals surface area (Å²) >= 11 is 0. The van der Waals surface area contributed by atoms with Crippen LogP contribution in [0.4, 0.5) is 0 Å². The number of hydrogen-bond acceptors (Lipinski definition) is 0. The van der Waals surface area contributed by atoms with Crippen LogP contribution in [0.25, 0.3) is 0 Å². The van der Waals surface area contributed by atoms with Gasteiger partial charge in [-0.15, -0.1) is 0 Å². The van der Waals surface area contributed by atoms with E-state index in [1.165, 1.54) is 107 Å². The molecule has 3 aliphatic rings. The minimum Gasteiger partial charge on any atom is -0.0654 e. The summed E-state index contributed by atoms with van der Waals surface area (Å²) < 4.78 is 0. The Kier molecular flexibility index (Phi) is 17.6. The molecule has 0 bridgehead atoms. The molecule has 0 aliphatic heterocycles. The molecule has 1 heteroatoms. The number of hydrogen-bond donors (Lipinski definition) is 0. The Balaban J connectivity index is 1.33. The van der Waals surface area contributed by atoms with Crippen LogP contribution in [0.3, 0.4) is 0 Å². The SMILES string of the molecule is CCCCCCCCCCCCCCCCCC[P+](C1CCCCC1)(C1CCCCC1)C1CCCCC1. The van der Waals surface area contributed by atoms with Gasteiger partial charge in [0.25, 0.3) is 0 Å². The van der Waals surface area contributed by atoms with E-state index >= 15 is 0 Å². The van der Waals surface area contributed by atoms with E-state index in [0.717, 1.165) is 0 Å². The number of unbranched alkanes of at least 4 members (excludes halogenated alkanes) is 15. The highest BCUT2D eigenvalue weighted by Crippen LogP contribution is 2.77. The summed E-state index contributed by atoms with van der Waals surface area (Å²) in [5, 5.41) is 0. The fourth-order valence-electron chi connectivity index (χ4n) is 9.06. The van der Waals surface area contributed by atoms with Gasteiger partial charge in [-0.05, 0) is 89.9 Å². The molecule has 3 rings (SSSR count). The van der Waals surface area contributed by atoms with E-state index in [0.29, 0.717) is 0 Å². The predicted molar refractivity (Wildman–Crippen MR) is 172 cm³/mol. The molecule has 0 radical (unpaired) electrons. The second-order valence-corrected chi connectivity index (χ2v) is 18.5. The lowest BCUT2D eigenvalue weighted by atomic mass is 9.99. The van der Waals surface area contributed by atoms with E-state index in [4.69, 9.17) is 0 Å². The van der Waals surface area contributed by atoms with E-state index in [9.17, 15) is 0 Å². The zero-order valence-electron chi connectivity index (χ0n) is 25.8. The summed E-state index contributed by atoms with van der Waals surface area (Å²) in [5.41, 5.74) is 3.59. The van der Waals surface area contributed by atoms with Crippen LogP contribution < -0.4 is 0 Å². The van der Waals surface area contributed by atoms with Gasteiger partial charge in [-0.2, -0.15) is 0 Å². The van der Waals surface area contributed by atoms with Gasteiger partial charge in [-0.25, -0.2) is 0 Å². The third-order valence-corrected chi connectivity index (χ3v) is 17.9. The molecule has 0 spiro atoms. The quantitative estimate of drug-likeness (QED) is 0.108. The molecule has 0 heterocycles. The molecular weight excluding hydrogens is 463 g/mol. The zero-order chi connectivity index (χ0) is 25.9. The minimum atomic E-state index is -0.811. The molecule has 0 aromatic heterocycles. The maximum atomic E-state index is 2.32. The van der Waals surface area contributed by atoms with Gasteiger partial charge in [0.1, 0.15) is 0 Å². The first-order valence-corrected chi connectivity index (χ1v) is 20.4. The van der Waals surface area contributed by atoms with E-state index in [1.54, 1.807) is 115 Å². The van der Waals surface area contributed by atoms with Gasteiger partial charge in [-0.3, -0.25) is 0 Å². The van der Waals surface area contributed by atoms with Crippen LogP contribution in [0.5, 0.6) is 0 Å². The predicted octanol–water partition coefficient (Wildman–Crippen LogP) is 13.3. The van der Waals surface area contributed by atoms with Gasteiger partial charge < -0.3 is 0 Å². The molecule has 218 valence electrons. The summed E-state index contributed by atoms with van der Waals surface area (Å²) in [5.74, 6) is 0. The van der Waals surface area contributed by atoms with Crippen molar-refractivity contribution in [3.8, 4) is 0 Å². The molecule has 0 aromatic rings. The average molecular weight is 534 g/mol. The summed E-state index contributed by atoms with van der Waals surface area (Å²) in [4.78, 5) is 0. The molecule has 3 aliphatic carbocycles. The van der Waals surface area contributed by atoms with Crippen LogP contribution in [0.1, 0.15) is 206 Å². The molecule has 0 aromatic carbocycles. The lowest BCUT2D eigenvalue weighted by Gasteiger charge is -2.49. The lowest BCUT2D eigenvalue weighted by Crippen LogP contribution is -2.37. The normalized spacial score (nSPS) is 21.0. The van der Waals surface area contributed by atoms with Gasteiger partial charge in [0.15, 0.2) is 0 Å². The zero-order valence-corrected chi connectivity index (χ0v) is 26.7. The highest BCUT2D eigenvalue weighted by atomic mass is 31.2. The standard InChI is InChI=1S/C36H70P/c1-2-3-4-5-6-7-8-9-10-11-12-13-14-15-16-26-33-37(34-27-20-17-21-28-34,35-29-22-18-23-30-35)36-31-24-19-25-32-36/h34-36H,2-33H2,1H3/q+1. The summed E-state index contributed by atoms with van der Waals surface area (Å²) in [6, 6.07) is 0. The first-order chi connectivity index (χ1) is 18.4. The lowest BCUT2D eigenvalue weighted by molar-refractivity contribution is 0.449. The van der Waals surface area contributed by atoms with Crippen molar-refractivity contribution in [3.05, 3.63) is 0 Å². The molecule has 0 atom stereocenters. The van der Waals surface area contributed by atoms with Crippen molar-refractivity contribution in [2.24, 2.45) is 0 Å². The van der Waals surface area contributed by atoms with Crippen LogP contribution in [-0.2, 0) is 0 Å². The molecule has 3 saturated carbocycles. The van der Waals surface area contributed by atoms with E-state index in [2.05, 4.69) is 6.92 Å². The molecule has 0 nitrogen and oxygen atoms in total. The Labute approximate surface area is 236 Å². The Bertz CT molecular complexity index is 463. The van der Waals surface area contributed by atoms with Crippen molar-refractivity contribution in [2.45, 2.75) is 223 Å². The second-order valence-electron chi connectivity index (χ2n) is 13.9. The smallest absolute Gasteiger partial charge is 0.0654 e. The molecule has 0 amide bonds. The highest BCUT2D eigenvalue weighted by Gasteiger charge is 2.56. The third-order valence-electron chi connectivity index (χ3n) is 11.2. The van der Waals surface area contributed by atoms with Crippen molar-refractivity contribution >= 4 is 7.26 Å². The van der Waals surface area contributed by atoms with Crippen LogP contribution in [0.15, 0.2) is 0 Å². The van der Waals surface area contributed by atoms with Crippen LogP contribution in [0.2, 0.25) is 0 Å². The molecule has 37 heavy (non-hydrogen) atoms. The first-order valence-electron chi connectivity index (χ1n) is 18.2. The van der Waals surface area contributed by atoms with Gasteiger partial charge in [0.2, 0.25) is 0 Å². The minimum absolute atomic E-state index is 0.811. The first kappa shape index (κ1) is 32.0. The van der Waals surface area contributed by atoms with E-state index in [-0.39, 0.29) is 0 Å². The maximum Gasteiger partial charge on any atom is 0.0703 e. The topological polar surface area (TPSA) is 0 Å². The largest absolute Gasteiger partial charge is 0.0703 e. The van der Waals surface area contributed by atoms with Gasteiger partial charge in [-0.1, -0.05) is 116 Å². The van der Waals surface area contributed by atoms with Crippen molar-refractivity contribution in [1.29, 1.82) is 0 Å². The average Bonchev–Trinajstić information content (AvgIpc) is 2.96. The van der Waals surface area contributed by atoms with Gasteiger partial charge >= 0.3 is 0 Å². The Morgan fingerprint density at radius 2 is 0.622 bits per heavy atom.